The van der Waals surface area contributed by atoms with Gasteiger partial charge in [0.15, 0.2) is 0 Å². The number of aryl methyl sites for hydroxylation is 1. The molecule has 5 nitrogen and oxygen atoms in total. The van der Waals surface area contributed by atoms with E-state index in [1.807, 2.05) is 27.1 Å². The monoisotopic (exact) mass is 320 g/mol. The molecule has 1 aliphatic carbocycles. The van der Waals surface area contributed by atoms with E-state index in [2.05, 4.69) is 22.7 Å². The zero-order valence-electron chi connectivity index (χ0n) is 14.7. The summed E-state index contributed by atoms with van der Waals surface area (Å²) < 4.78 is 13.9. The quantitative estimate of drug-likeness (QED) is 0.800. The van der Waals surface area contributed by atoms with E-state index in [9.17, 15) is 4.79 Å². The highest BCUT2D eigenvalue weighted by Crippen LogP contribution is 2.50. The van der Waals surface area contributed by atoms with Crippen LogP contribution in [0, 0.1) is 5.92 Å². The van der Waals surface area contributed by atoms with E-state index in [0.29, 0.717) is 0 Å². The number of esters is 1. The van der Waals surface area contributed by atoms with Crippen molar-refractivity contribution in [2.45, 2.75) is 83.6 Å². The number of imidazole rings is 1. The van der Waals surface area contributed by atoms with Crippen molar-refractivity contribution in [1.82, 2.24) is 9.55 Å². The fourth-order valence-electron chi connectivity index (χ4n) is 3.64. The molecular weight excluding hydrogens is 292 g/mol. The smallest absolute Gasteiger partial charge is 0.309 e. The molecule has 0 aromatic carbocycles. The minimum atomic E-state index is -0.405. The van der Waals surface area contributed by atoms with Gasteiger partial charge < -0.3 is 14.0 Å². The van der Waals surface area contributed by atoms with E-state index < -0.39 is 5.60 Å². The maximum Gasteiger partial charge on any atom is 0.309 e. The molecule has 5 heteroatoms. The highest BCUT2D eigenvalue weighted by molar-refractivity contribution is 5.74. The summed E-state index contributed by atoms with van der Waals surface area (Å²) in [6.45, 7) is 8.70. The summed E-state index contributed by atoms with van der Waals surface area (Å²) in [7, 11) is 0. The Morgan fingerprint density at radius 1 is 1.48 bits per heavy atom. The molecule has 1 unspecified atom stereocenters. The molecule has 3 rings (SSSR count). The molecule has 2 fully saturated rings. The van der Waals surface area contributed by atoms with Gasteiger partial charge in [0.25, 0.3) is 0 Å². The number of carbonyl (C=O) groups excluding carboxylic acids is 1. The average molecular weight is 320 g/mol. The Morgan fingerprint density at radius 2 is 2.22 bits per heavy atom. The third-order valence-electron chi connectivity index (χ3n) is 4.78. The minimum absolute atomic E-state index is 0.00733. The Hall–Kier alpha value is -1.36. The maximum absolute atomic E-state index is 12.1. The van der Waals surface area contributed by atoms with Crippen molar-refractivity contribution in [1.29, 1.82) is 0 Å². The van der Waals surface area contributed by atoms with Gasteiger partial charge in [-0.1, -0.05) is 6.92 Å². The van der Waals surface area contributed by atoms with E-state index in [1.54, 1.807) is 0 Å². The fourth-order valence-corrected chi connectivity index (χ4v) is 3.64. The van der Waals surface area contributed by atoms with Crippen LogP contribution in [0.1, 0.15) is 59.1 Å². The lowest BCUT2D eigenvalue weighted by molar-refractivity contribution is -0.181. The number of nitrogens with zero attached hydrogens (tertiary/aromatic N) is 2. The van der Waals surface area contributed by atoms with E-state index in [-0.39, 0.29) is 23.6 Å². The van der Waals surface area contributed by atoms with Crippen LogP contribution in [0.4, 0.5) is 0 Å². The lowest BCUT2D eigenvalue weighted by Gasteiger charge is -2.44. The first-order chi connectivity index (χ1) is 10.8. The van der Waals surface area contributed by atoms with Crippen LogP contribution in [0.3, 0.4) is 0 Å². The van der Waals surface area contributed by atoms with Crippen molar-refractivity contribution in [2.24, 2.45) is 5.92 Å². The van der Waals surface area contributed by atoms with Crippen molar-refractivity contribution >= 4 is 5.97 Å². The van der Waals surface area contributed by atoms with Crippen LogP contribution in [0.2, 0.25) is 0 Å². The highest BCUT2D eigenvalue weighted by Gasteiger charge is 2.53. The molecular formula is C18H28N2O3. The number of hydrogen-bond donors (Lipinski definition) is 0. The van der Waals surface area contributed by atoms with Crippen molar-refractivity contribution in [3.8, 4) is 0 Å². The number of aromatic nitrogens is 2. The number of rotatable bonds is 4. The van der Waals surface area contributed by atoms with E-state index in [0.717, 1.165) is 44.3 Å². The van der Waals surface area contributed by atoms with Gasteiger partial charge in [-0.3, -0.25) is 4.79 Å². The molecule has 1 saturated heterocycles. The standard InChI is InChI=1S/C18H28N2O3/c1-5-14-10-20(12-19-14)11-15-6-7-18(22-15)8-13(9-18)16(21)23-17(2,3)4/h10,12-13,15H,5-9,11H2,1-4H3. The minimum Gasteiger partial charge on any atom is -0.460 e. The summed E-state index contributed by atoms with van der Waals surface area (Å²) in [5, 5.41) is 0. The zero-order valence-corrected chi connectivity index (χ0v) is 14.7. The van der Waals surface area contributed by atoms with Crippen LogP contribution < -0.4 is 0 Å². The van der Waals surface area contributed by atoms with Gasteiger partial charge in [0.05, 0.1) is 29.6 Å². The van der Waals surface area contributed by atoms with E-state index >= 15 is 0 Å². The summed E-state index contributed by atoms with van der Waals surface area (Å²) >= 11 is 0. The third kappa shape index (κ3) is 3.77. The fraction of sp³-hybridized carbons (Fsp3) is 0.778. The van der Waals surface area contributed by atoms with Gasteiger partial charge >= 0.3 is 5.97 Å². The molecule has 1 aliphatic heterocycles. The van der Waals surface area contributed by atoms with Gasteiger partial charge in [-0.05, 0) is 52.9 Å². The van der Waals surface area contributed by atoms with Gasteiger partial charge in [-0.25, -0.2) is 4.98 Å². The van der Waals surface area contributed by atoms with Crippen LogP contribution in [-0.4, -0.2) is 32.8 Å². The molecule has 1 aromatic heterocycles. The summed E-state index contributed by atoms with van der Waals surface area (Å²) in [5.74, 6) is -0.0645. The largest absolute Gasteiger partial charge is 0.460 e. The first-order valence-electron chi connectivity index (χ1n) is 8.70. The van der Waals surface area contributed by atoms with Crippen LogP contribution >= 0.6 is 0 Å². The van der Waals surface area contributed by atoms with Crippen molar-refractivity contribution < 1.29 is 14.3 Å². The van der Waals surface area contributed by atoms with Crippen LogP contribution in [0.5, 0.6) is 0 Å². The molecule has 1 spiro atoms. The van der Waals surface area contributed by atoms with Gasteiger partial charge in [0, 0.05) is 12.7 Å². The second-order valence-electron chi connectivity index (χ2n) is 8.02. The number of hydrogen-bond acceptors (Lipinski definition) is 4. The first kappa shape index (κ1) is 16.5. The Bertz CT molecular complexity index is 567. The lowest BCUT2D eigenvalue weighted by atomic mass is 9.69. The Labute approximate surface area is 138 Å². The topological polar surface area (TPSA) is 53.4 Å². The van der Waals surface area contributed by atoms with Gasteiger partial charge in [0.1, 0.15) is 5.60 Å². The lowest BCUT2D eigenvalue weighted by Crippen LogP contribution is -2.48. The predicted molar refractivity (Wildman–Crippen MR) is 87.0 cm³/mol. The Morgan fingerprint density at radius 3 is 2.83 bits per heavy atom. The first-order valence-corrected chi connectivity index (χ1v) is 8.70. The highest BCUT2D eigenvalue weighted by atomic mass is 16.6. The summed E-state index contributed by atoms with van der Waals surface area (Å²) in [4.78, 5) is 16.5. The van der Waals surface area contributed by atoms with Gasteiger partial charge in [-0.15, -0.1) is 0 Å². The Kier molecular flexibility index (Phi) is 4.25. The van der Waals surface area contributed by atoms with Crippen LogP contribution in [-0.2, 0) is 27.2 Å². The van der Waals surface area contributed by atoms with Crippen LogP contribution in [0.25, 0.3) is 0 Å². The third-order valence-corrected chi connectivity index (χ3v) is 4.78. The molecule has 0 amide bonds. The molecule has 23 heavy (non-hydrogen) atoms. The van der Waals surface area contributed by atoms with Crippen molar-refractivity contribution in [3.05, 3.63) is 18.2 Å². The average Bonchev–Trinajstić information content (AvgIpc) is 3.02. The van der Waals surface area contributed by atoms with Gasteiger partial charge in [0.2, 0.25) is 0 Å². The SMILES string of the molecule is CCc1cn(CC2CCC3(CC(C(=O)OC(C)(C)C)C3)O2)cn1. The second kappa shape index (κ2) is 5.93. The Balaban J connectivity index is 1.48. The molecule has 0 N–H and O–H groups in total. The summed E-state index contributed by atoms with van der Waals surface area (Å²) in [6.07, 6.45) is 8.89. The van der Waals surface area contributed by atoms with Crippen LogP contribution in [0.15, 0.2) is 12.5 Å². The normalized spacial score (nSPS) is 30.4. The molecule has 2 aliphatic rings. The van der Waals surface area contributed by atoms with E-state index in [1.165, 1.54) is 0 Å². The maximum atomic E-state index is 12.1. The predicted octanol–water partition coefficient (Wildman–Crippen LogP) is 3.12. The summed E-state index contributed by atoms with van der Waals surface area (Å²) in [5.41, 5.74) is 0.629. The molecule has 0 radical (unpaired) electrons. The molecule has 2 heterocycles. The molecule has 1 aromatic rings. The summed E-state index contributed by atoms with van der Waals surface area (Å²) in [6, 6.07) is 0. The van der Waals surface area contributed by atoms with Crippen molar-refractivity contribution in [3.63, 3.8) is 0 Å². The number of ether oxygens (including phenoxy) is 2. The molecule has 1 atom stereocenters. The van der Waals surface area contributed by atoms with Gasteiger partial charge in [-0.2, -0.15) is 0 Å². The number of carbonyl (C=O) groups is 1. The molecule has 0 bridgehead atoms. The van der Waals surface area contributed by atoms with Crippen molar-refractivity contribution in [2.75, 3.05) is 0 Å². The second-order valence-corrected chi connectivity index (χ2v) is 8.02. The molecule has 1 saturated carbocycles. The molecule has 128 valence electrons. The zero-order chi connectivity index (χ0) is 16.7. The van der Waals surface area contributed by atoms with E-state index in [4.69, 9.17) is 9.47 Å².